The Kier molecular flexibility index (Phi) is 5.41. The van der Waals surface area contributed by atoms with Gasteiger partial charge in [0.1, 0.15) is 0 Å². The highest BCUT2D eigenvalue weighted by atomic mass is 16.4. The molecule has 1 N–H and O–H groups in total. The van der Waals surface area contributed by atoms with Crippen molar-refractivity contribution in [3.05, 3.63) is 35.7 Å². The monoisotopic (exact) mass is 315 g/mol. The number of nitrogens with zero attached hydrogens (tertiary/aromatic N) is 3. The fourth-order valence-electron chi connectivity index (χ4n) is 3.38. The largest absolute Gasteiger partial charge is 0.419 e. The Hall–Kier alpha value is -1.72. The summed E-state index contributed by atoms with van der Waals surface area (Å²) in [5, 5.41) is 17.8. The van der Waals surface area contributed by atoms with Crippen LogP contribution in [0.2, 0.25) is 0 Å². The lowest BCUT2D eigenvalue weighted by atomic mass is 9.94. The van der Waals surface area contributed by atoms with Gasteiger partial charge in [-0.3, -0.25) is 4.90 Å². The highest BCUT2D eigenvalue weighted by Gasteiger charge is 2.23. The minimum Gasteiger partial charge on any atom is -0.419 e. The van der Waals surface area contributed by atoms with Gasteiger partial charge in [-0.15, -0.1) is 10.2 Å². The van der Waals surface area contributed by atoms with Crippen molar-refractivity contribution >= 4 is 0 Å². The Morgan fingerprint density at radius 1 is 1.17 bits per heavy atom. The van der Waals surface area contributed by atoms with E-state index in [0.29, 0.717) is 30.9 Å². The third-order valence-electron chi connectivity index (χ3n) is 4.66. The highest BCUT2D eigenvalue weighted by Crippen LogP contribution is 2.25. The fraction of sp³-hybridized carbons (Fsp3) is 0.556. The number of hydrogen-bond donors (Lipinski definition) is 1. The molecule has 1 aliphatic carbocycles. The van der Waals surface area contributed by atoms with E-state index < -0.39 is 0 Å². The summed E-state index contributed by atoms with van der Waals surface area (Å²) in [6, 6.07) is 8.54. The van der Waals surface area contributed by atoms with Crippen LogP contribution < -0.4 is 0 Å². The van der Waals surface area contributed by atoms with Crippen LogP contribution in [0.1, 0.15) is 43.6 Å². The molecule has 1 aromatic heterocycles. The second-order valence-corrected chi connectivity index (χ2v) is 6.30. The molecule has 124 valence electrons. The molecule has 0 amide bonds. The molecule has 5 heteroatoms. The van der Waals surface area contributed by atoms with Crippen molar-refractivity contribution in [2.45, 2.75) is 51.6 Å². The molecular weight excluding hydrogens is 290 g/mol. The number of rotatable bonds is 6. The first-order valence-corrected chi connectivity index (χ1v) is 8.51. The molecule has 3 rings (SSSR count). The van der Waals surface area contributed by atoms with Gasteiger partial charge in [0.05, 0.1) is 13.2 Å². The van der Waals surface area contributed by atoms with Crippen LogP contribution in [0.25, 0.3) is 11.5 Å². The maximum absolute atomic E-state index is 9.36. The third-order valence-corrected chi connectivity index (χ3v) is 4.66. The van der Waals surface area contributed by atoms with Gasteiger partial charge >= 0.3 is 0 Å². The van der Waals surface area contributed by atoms with E-state index in [1.54, 1.807) is 0 Å². The molecule has 0 atom stereocenters. The average Bonchev–Trinajstić information content (AvgIpc) is 3.04. The third kappa shape index (κ3) is 3.98. The van der Waals surface area contributed by atoms with Gasteiger partial charge in [-0.2, -0.15) is 0 Å². The molecule has 1 saturated carbocycles. The zero-order chi connectivity index (χ0) is 16.1. The molecule has 0 unspecified atom stereocenters. The summed E-state index contributed by atoms with van der Waals surface area (Å²) in [6.07, 6.45) is 6.24. The standard InChI is InChI=1S/C18H25N3O2/c1-14-7-5-6-10-16(14)18-20-19-17(23-18)13-21(11-12-22)15-8-3-2-4-9-15/h5-7,10,15,22H,2-4,8-9,11-13H2,1H3. The molecule has 0 aliphatic heterocycles. The molecule has 1 fully saturated rings. The summed E-state index contributed by atoms with van der Waals surface area (Å²) in [5.74, 6) is 1.20. The summed E-state index contributed by atoms with van der Waals surface area (Å²) >= 11 is 0. The second kappa shape index (κ2) is 7.70. The Morgan fingerprint density at radius 2 is 1.96 bits per heavy atom. The van der Waals surface area contributed by atoms with Crippen LogP contribution in [-0.4, -0.2) is 39.4 Å². The first-order valence-electron chi connectivity index (χ1n) is 8.51. The highest BCUT2D eigenvalue weighted by molar-refractivity contribution is 5.57. The topological polar surface area (TPSA) is 62.4 Å². The minimum absolute atomic E-state index is 0.162. The molecule has 23 heavy (non-hydrogen) atoms. The zero-order valence-corrected chi connectivity index (χ0v) is 13.7. The van der Waals surface area contributed by atoms with Crippen molar-refractivity contribution in [3.63, 3.8) is 0 Å². The first-order chi connectivity index (χ1) is 11.3. The number of aliphatic hydroxyl groups excluding tert-OH is 1. The molecule has 1 aromatic carbocycles. The van der Waals surface area contributed by atoms with Gasteiger partial charge in [0.2, 0.25) is 11.8 Å². The average molecular weight is 315 g/mol. The Bertz CT molecular complexity index is 620. The zero-order valence-electron chi connectivity index (χ0n) is 13.7. The van der Waals surface area contributed by atoms with E-state index in [0.717, 1.165) is 11.1 Å². The Labute approximate surface area is 137 Å². The van der Waals surface area contributed by atoms with Gasteiger partial charge in [0.15, 0.2) is 0 Å². The van der Waals surface area contributed by atoms with E-state index in [9.17, 15) is 5.11 Å². The van der Waals surface area contributed by atoms with Crippen LogP contribution in [0, 0.1) is 6.92 Å². The van der Waals surface area contributed by atoms with Crippen LogP contribution in [0.4, 0.5) is 0 Å². The van der Waals surface area contributed by atoms with Gasteiger partial charge in [-0.25, -0.2) is 0 Å². The van der Waals surface area contributed by atoms with Gasteiger partial charge in [-0.05, 0) is 31.4 Å². The predicted molar refractivity (Wildman–Crippen MR) is 88.8 cm³/mol. The lowest BCUT2D eigenvalue weighted by Gasteiger charge is -2.32. The lowest BCUT2D eigenvalue weighted by molar-refractivity contribution is 0.108. The molecule has 0 spiro atoms. The molecule has 0 radical (unpaired) electrons. The maximum atomic E-state index is 9.36. The van der Waals surface area contributed by atoms with Crippen molar-refractivity contribution in [1.29, 1.82) is 0 Å². The minimum atomic E-state index is 0.162. The fourth-order valence-corrected chi connectivity index (χ4v) is 3.38. The van der Waals surface area contributed by atoms with Crippen LogP contribution in [0.5, 0.6) is 0 Å². The van der Waals surface area contributed by atoms with Crippen LogP contribution in [-0.2, 0) is 6.54 Å². The first kappa shape index (κ1) is 16.1. The van der Waals surface area contributed by atoms with Crippen LogP contribution in [0.15, 0.2) is 28.7 Å². The smallest absolute Gasteiger partial charge is 0.248 e. The van der Waals surface area contributed by atoms with Crippen molar-refractivity contribution < 1.29 is 9.52 Å². The Balaban J connectivity index is 1.72. The van der Waals surface area contributed by atoms with E-state index in [-0.39, 0.29) is 6.61 Å². The van der Waals surface area contributed by atoms with E-state index in [1.165, 1.54) is 32.1 Å². The number of aryl methyl sites for hydroxylation is 1. The summed E-state index contributed by atoms with van der Waals surface area (Å²) in [5.41, 5.74) is 2.11. The molecule has 1 heterocycles. The molecule has 2 aromatic rings. The number of aromatic nitrogens is 2. The van der Waals surface area contributed by atoms with E-state index in [2.05, 4.69) is 15.1 Å². The Morgan fingerprint density at radius 3 is 2.70 bits per heavy atom. The summed E-state index contributed by atoms with van der Waals surface area (Å²) < 4.78 is 5.87. The molecule has 5 nitrogen and oxygen atoms in total. The van der Waals surface area contributed by atoms with E-state index in [4.69, 9.17) is 4.42 Å². The second-order valence-electron chi connectivity index (χ2n) is 6.30. The summed E-state index contributed by atoms with van der Waals surface area (Å²) in [7, 11) is 0. The number of benzene rings is 1. The number of hydrogen-bond acceptors (Lipinski definition) is 5. The van der Waals surface area contributed by atoms with Crippen molar-refractivity contribution in [1.82, 2.24) is 15.1 Å². The summed E-state index contributed by atoms with van der Waals surface area (Å²) in [6.45, 7) is 3.48. The predicted octanol–water partition coefficient (Wildman–Crippen LogP) is 3.17. The SMILES string of the molecule is Cc1ccccc1-c1nnc(CN(CCO)C2CCCCC2)o1. The molecule has 1 aliphatic rings. The molecule has 0 saturated heterocycles. The van der Waals surface area contributed by atoms with Gasteiger partial charge < -0.3 is 9.52 Å². The summed E-state index contributed by atoms with van der Waals surface area (Å²) in [4.78, 5) is 2.29. The van der Waals surface area contributed by atoms with Crippen molar-refractivity contribution in [2.75, 3.05) is 13.2 Å². The lowest BCUT2D eigenvalue weighted by Crippen LogP contribution is -2.38. The van der Waals surface area contributed by atoms with E-state index >= 15 is 0 Å². The van der Waals surface area contributed by atoms with Crippen LogP contribution >= 0.6 is 0 Å². The van der Waals surface area contributed by atoms with Gasteiger partial charge in [0, 0.05) is 18.2 Å². The molecule has 0 bridgehead atoms. The van der Waals surface area contributed by atoms with Crippen molar-refractivity contribution in [2.24, 2.45) is 0 Å². The van der Waals surface area contributed by atoms with Gasteiger partial charge in [0.25, 0.3) is 0 Å². The van der Waals surface area contributed by atoms with Gasteiger partial charge in [-0.1, -0.05) is 37.5 Å². The number of aliphatic hydroxyl groups is 1. The van der Waals surface area contributed by atoms with E-state index in [1.807, 2.05) is 31.2 Å². The van der Waals surface area contributed by atoms with Crippen LogP contribution in [0.3, 0.4) is 0 Å². The maximum Gasteiger partial charge on any atom is 0.248 e. The molecular formula is C18H25N3O2. The normalized spacial score (nSPS) is 16.1. The quantitative estimate of drug-likeness (QED) is 0.887. The van der Waals surface area contributed by atoms with Crippen molar-refractivity contribution in [3.8, 4) is 11.5 Å².